The minimum atomic E-state index is -0.236. The van der Waals surface area contributed by atoms with Gasteiger partial charge in [-0.15, -0.1) is 0 Å². The number of amides is 1. The number of oxazole rings is 1. The Hall–Kier alpha value is -4.38. The first-order valence-corrected chi connectivity index (χ1v) is 12.2. The maximum absolute atomic E-state index is 12.4. The second kappa shape index (κ2) is 10.5. The molecule has 36 heavy (non-hydrogen) atoms. The highest BCUT2D eigenvalue weighted by Crippen LogP contribution is 2.28. The molecule has 5 aromatic rings. The van der Waals surface area contributed by atoms with Gasteiger partial charge in [-0.1, -0.05) is 68.4 Å². The van der Waals surface area contributed by atoms with Crippen molar-refractivity contribution in [2.75, 3.05) is 11.9 Å². The van der Waals surface area contributed by atoms with E-state index in [4.69, 9.17) is 9.15 Å². The number of nitrogens with zero attached hydrogens (tertiary/aromatic N) is 1. The van der Waals surface area contributed by atoms with Crippen LogP contribution in [0.4, 0.5) is 5.69 Å². The lowest BCUT2D eigenvalue weighted by atomic mass is 9.99. The van der Waals surface area contributed by atoms with E-state index in [9.17, 15) is 4.79 Å². The lowest BCUT2D eigenvalue weighted by molar-refractivity contribution is -0.118. The number of rotatable bonds is 8. The van der Waals surface area contributed by atoms with E-state index < -0.39 is 0 Å². The van der Waals surface area contributed by atoms with E-state index in [2.05, 4.69) is 48.4 Å². The highest BCUT2D eigenvalue weighted by molar-refractivity contribution is 5.94. The number of benzene rings is 4. The van der Waals surface area contributed by atoms with Gasteiger partial charge in [0.05, 0.1) is 0 Å². The number of hydrogen-bond donors (Lipinski definition) is 1. The van der Waals surface area contributed by atoms with E-state index in [-0.39, 0.29) is 12.5 Å². The van der Waals surface area contributed by atoms with Crippen molar-refractivity contribution in [2.24, 2.45) is 0 Å². The molecule has 0 saturated carbocycles. The number of anilines is 1. The van der Waals surface area contributed by atoms with Gasteiger partial charge in [-0.05, 0) is 71.5 Å². The van der Waals surface area contributed by atoms with Gasteiger partial charge in [0.1, 0.15) is 11.3 Å². The summed E-state index contributed by atoms with van der Waals surface area (Å²) in [5.74, 6) is 1.48. The van der Waals surface area contributed by atoms with Crippen molar-refractivity contribution in [2.45, 2.75) is 26.2 Å². The number of aromatic nitrogens is 1. The van der Waals surface area contributed by atoms with Crippen LogP contribution in [0.25, 0.3) is 33.7 Å². The van der Waals surface area contributed by atoms with Crippen LogP contribution in [0.15, 0.2) is 101 Å². The summed E-state index contributed by atoms with van der Waals surface area (Å²) in [6.07, 6.45) is 1.08. The largest absolute Gasteiger partial charge is 0.484 e. The Bertz CT molecular complexity index is 1460. The van der Waals surface area contributed by atoms with Gasteiger partial charge in [0, 0.05) is 11.3 Å². The summed E-state index contributed by atoms with van der Waals surface area (Å²) in [5, 5.41) is 2.87. The molecule has 0 aliphatic heterocycles. The Morgan fingerprint density at radius 3 is 2.31 bits per heavy atom. The van der Waals surface area contributed by atoms with Crippen molar-refractivity contribution in [1.82, 2.24) is 4.98 Å². The molecule has 0 aliphatic rings. The Labute approximate surface area is 210 Å². The fourth-order valence-electron chi connectivity index (χ4n) is 4.04. The third-order valence-electron chi connectivity index (χ3n) is 6.34. The minimum Gasteiger partial charge on any atom is -0.484 e. The van der Waals surface area contributed by atoms with Gasteiger partial charge in [-0.2, -0.15) is 0 Å². The summed E-state index contributed by atoms with van der Waals surface area (Å²) in [6.45, 7) is 4.29. The molecule has 1 heterocycles. The van der Waals surface area contributed by atoms with Crippen LogP contribution in [0.5, 0.6) is 5.75 Å². The lowest BCUT2D eigenvalue weighted by Crippen LogP contribution is -2.20. The molecule has 0 aliphatic carbocycles. The second-order valence-electron chi connectivity index (χ2n) is 8.86. The summed E-state index contributed by atoms with van der Waals surface area (Å²) >= 11 is 0. The predicted octanol–water partition coefficient (Wildman–Crippen LogP) is 7.69. The standard InChI is InChI=1S/C31H28N2O3/c1-3-21(2)22-13-16-27(17-14-22)35-20-30(34)32-26-15-18-29-28(19-26)33-31(36-29)25-11-9-24(10-12-25)23-7-5-4-6-8-23/h4-19,21H,3,20H2,1-2H3,(H,32,34)/t21-/m1/s1. The molecule has 5 nitrogen and oxygen atoms in total. The first kappa shape index (κ1) is 23.4. The zero-order valence-electron chi connectivity index (χ0n) is 20.4. The number of nitrogens with one attached hydrogen (secondary N) is 1. The van der Waals surface area contributed by atoms with E-state index in [1.807, 2.05) is 60.7 Å². The summed E-state index contributed by atoms with van der Waals surface area (Å²) < 4.78 is 11.6. The van der Waals surface area contributed by atoms with Crippen LogP contribution in [0.3, 0.4) is 0 Å². The summed E-state index contributed by atoms with van der Waals surface area (Å²) in [5.41, 5.74) is 6.43. The highest BCUT2D eigenvalue weighted by atomic mass is 16.5. The first-order chi connectivity index (χ1) is 17.6. The Kier molecular flexibility index (Phi) is 6.80. The summed E-state index contributed by atoms with van der Waals surface area (Å²) in [6, 6.07) is 31.7. The maximum Gasteiger partial charge on any atom is 0.262 e. The third kappa shape index (κ3) is 5.31. The Morgan fingerprint density at radius 1 is 0.889 bits per heavy atom. The average molecular weight is 477 g/mol. The van der Waals surface area contributed by atoms with Crippen molar-refractivity contribution < 1.29 is 13.9 Å². The molecule has 1 N–H and O–H groups in total. The minimum absolute atomic E-state index is 0.0709. The molecule has 0 radical (unpaired) electrons. The molecule has 5 rings (SSSR count). The van der Waals surface area contributed by atoms with Crippen LogP contribution in [0, 0.1) is 0 Å². The summed E-state index contributed by atoms with van der Waals surface area (Å²) in [7, 11) is 0. The molecule has 5 heteroatoms. The second-order valence-corrected chi connectivity index (χ2v) is 8.86. The van der Waals surface area contributed by atoms with Crippen molar-refractivity contribution in [1.29, 1.82) is 0 Å². The SMILES string of the molecule is CC[C@@H](C)c1ccc(OCC(=O)Nc2ccc3oc(-c4ccc(-c5ccccc5)cc4)nc3c2)cc1. The molecular formula is C31H28N2O3. The van der Waals surface area contributed by atoms with E-state index in [0.29, 0.717) is 34.3 Å². The zero-order valence-corrected chi connectivity index (χ0v) is 20.4. The van der Waals surface area contributed by atoms with E-state index in [0.717, 1.165) is 23.1 Å². The van der Waals surface area contributed by atoms with Crippen molar-refractivity contribution in [3.63, 3.8) is 0 Å². The van der Waals surface area contributed by atoms with Crippen molar-refractivity contribution >= 4 is 22.7 Å². The normalized spacial score (nSPS) is 11.8. The molecule has 0 bridgehead atoms. The van der Waals surface area contributed by atoms with Crippen molar-refractivity contribution in [3.8, 4) is 28.3 Å². The fourth-order valence-corrected chi connectivity index (χ4v) is 4.04. The number of ether oxygens (including phenoxy) is 1. The molecule has 1 atom stereocenters. The van der Waals surface area contributed by atoms with E-state index in [1.54, 1.807) is 12.1 Å². The van der Waals surface area contributed by atoms with Gasteiger partial charge in [-0.3, -0.25) is 4.79 Å². The van der Waals surface area contributed by atoms with Gasteiger partial charge in [-0.25, -0.2) is 4.98 Å². The number of fused-ring (bicyclic) bond motifs is 1. The van der Waals surface area contributed by atoms with E-state index >= 15 is 0 Å². The quantitative estimate of drug-likeness (QED) is 0.249. The zero-order chi connectivity index (χ0) is 24.9. The van der Waals surface area contributed by atoms with Gasteiger partial charge < -0.3 is 14.5 Å². The van der Waals surface area contributed by atoms with E-state index in [1.165, 1.54) is 5.56 Å². The number of carbonyl (C=O) groups is 1. The lowest BCUT2D eigenvalue weighted by Gasteiger charge is -2.11. The van der Waals surface area contributed by atoms with Crippen LogP contribution in [0.2, 0.25) is 0 Å². The molecule has 180 valence electrons. The number of hydrogen-bond acceptors (Lipinski definition) is 4. The molecule has 0 saturated heterocycles. The smallest absolute Gasteiger partial charge is 0.262 e. The topological polar surface area (TPSA) is 64.4 Å². The molecule has 4 aromatic carbocycles. The van der Waals surface area contributed by atoms with Crippen LogP contribution >= 0.6 is 0 Å². The average Bonchev–Trinajstić information content (AvgIpc) is 3.36. The molecule has 0 spiro atoms. The fraction of sp³-hybridized carbons (Fsp3) is 0.161. The highest BCUT2D eigenvalue weighted by Gasteiger charge is 2.11. The predicted molar refractivity (Wildman–Crippen MR) is 144 cm³/mol. The Balaban J connectivity index is 1.22. The van der Waals surface area contributed by atoms with Gasteiger partial charge in [0.25, 0.3) is 5.91 Å². The van der Waals surface area contributed by atoms with Crippen LogP contribution < -0.4 is 10.1 Å². The third-order valence-corrected chi connectivity index (χ3v) is 6.34. The molecular weight excluding hydrogens is 448 g/mol. The Morgan fingerprint density at radius 2 is 1.58 bits per heavy atom. The number of carbonyl (C=O) groups excluding carboxylic acids is 1. The van der Waals surface area contributed by atoms with Crippen LogP contribution in [0.1, 0.15) is 31.7 Å². The van der Waals surface area contributed by atoms with Gasteiger partial charge >= 0.3 is 0 Å². The maximum atomic E-state index is 12.4. The molecule has 0 fully saturated rings. The van der Waals surface area contributed by atoms with Crippen LogP contribution in [-0.4, -0.2) is 17.5 Å². The first-order valence-electron chi connectivity index (χ1n) is 12.2. The molecule has 1 amide bonds. The van der Waals surface area contributed by atoms with Crippen LogP contribution in [-0.2, 0) is 4.79 Å². The monoisotopic (exact) mass is 476 g/mol. The van der Waals surface area contributed by atoms with Gasteiger partial charge in [0.2, 0.25) is 5.89 Å². The van der Waals surface area contributed by atoms with Gasteiger partial charge in [0.15, 0.2) is 12.2 Å². The molecule has 0 unspecified atom stereocenters. The van der Waals surface area contributed by atoms with Crippen molar-refractivity contribution in [3.05, 3.63) is 103 Å². The molecule has 1 aromatic heterocycles. The summed E-state index contributed by atoms with van der Waals surface area (Å²) in [4.78, 5) is 17.1.